The molecule has 0 saturated carbocycles. The van der Waals surface area contributed by atoms with Crippen LogP contribution in [0.25, 0.3) is 0 Å². The molecule has 8 nitrogen and oxygen atoms in total. The van der Waals surface area contributed by atoms with Crippen LogP contribution in [0.3, 0.4) is 0 Å². The molecular formula is C21H20N2O6. The van der Waals surface area contributed by atoms with Gasteiger partial charge in [0.2, 0.25) is 11.7 Å². The van der Waals surface area contributed by atoms with E-state index in [2.05, 4.69) is 0 Å². The van der Waals surface area contributed by atoms with Gasteiger partial charge in [0, 0.05) is 30.7 Å². The molecule has 0 radical (unpaired) electrons. The molecule has 1 aliphatic heterocycles. The average molecular weight is 396 g/mol. The first-order valence-electron chi connectivity index (χ1n) is 9.12. The highest BCUT2D eigenvalue weighted by molar-refractivity contribution is 6.02. The molecule has 0 aromatic heterocycles. The summed E-state index contributed by atoms with van der Waals surface area (Å²) in [7, 11) is 0. The molecule has 0 N–H and O–H groups in total. The number of ether oxygens (including phenoxy) is 1. The van der Waals surface area contributed by atoms with Crippen LogP contribution >= 0.6 is 0 Å². The number of carbonyl (C=O) groups excluding carboxylic acids is 3. The van der Waals surface area contributed by atoms with Crippen molar-refractivity contribution in [2.45, 2.75) is 26.4 Å². The van der Waals surface area contributed by atoms with Crippen LogP contribution in [0.1, 0.15) is 29.3 Å². The van der Waals surface area contributed by atoms with Crippen molar-refractivity contribution in [3.63, 3.8) is 0 Å². The Hall–Kier alpha value is -3.55. The Morgan fingerprint density at radius 3 is 2.55 bits per heavy atom. The topological polar surface area (TPSA) is 107 Å². The fraction of sp³-hybridized carbons (Fsp3) is 0.286. The number of rotatable bonds is 6. The summed E-state index contributed by atoms with van der Waals surface area (Å²) >= 11 is 0. The van der Waals surface area contributed by atoms with Gasteiger partial charge < -0.3 is 9.64 Å². The highest BCUT2D eigenvalue weighted by Gasteiger charge is 2.37. The number of esters is 1. The maximum atomic E-state index is 12.5. The van der Waals surface area contributed by atoms with E-state index in [1.807, 2.05) is 6.92 Å². The molecule has 0 bridgehead atoms. The standard InChI is InChI=1S/C21H20N2O6/c1-13-6-8-15(9-7-13)20(25)14(2)29-21(26)16-10-19(24)22(12-16)17-4-3-5-18(11-17)23(27)28/h3-9,11,14,16H,10,12H2,1-2H3/t14-,16+/m0/s1. The van der Waals surface area contributed by atoms with Gasteiger partial charge in [0.25, 0.3) is 5.69 Å². The molecule has 150 valence electrons. The Labute approximate surface area is 167 Å². The van der Waals surface area contributed by atoms with Crippen LogP contribution in [-0.4, -0.2) is 35.2 Å². The highest BCUT2D eigenvalue weighted by atomic mass is 16.6. The lowest BCUT2D eigenvalue weighted by Gasteiger charge is -2.17. The first-order valence-corrected chi connectivity index (χ1v) is 9.12. The van der Waals surface area contributed by atoms with Crippen molar-refractivity contribution in [2.75, 3.05) is 11.4 Å². The van der Waals surface area contributed by atoms with Crippen molar-refractivity contribution in [2.24, 2.45) is 5.92 Å². The Morgan fingerprint density at radius 1 is 1.21 bits per heavy atom. The lowest BCUT2D eigenvalue weighted by atomic mass is 10.1. The number of non-ortho nitro benzene ring substituents is 1. The summed E-state index contributed by atoms with van der Waals surface area (Å²) in [5, 5.41) is 10.9. The number of ketones is 1. The predicted octanol–water partition coefficient (Wildman–Crippen LogP) is 3.07. The van der Waals surface area contributed by atoms with E-state index >= 15 is 0 Å². The van der Waals surface area contributed by atoms with Crippen molar-refractivity contribution < 1.29 is 24.0 Å². The molecule has 2 aromatic rings. The molecule has 1 heterocycles. The van der Waals surface area contributed by atoms with Gasteiger partial charge in [-0.2, -0.15) is 0 Å². The molecule has 2 atom stereocenters. The van der Waals surface area contributed by atoms with E-state index in [0.717, 1.165) is 5.56 Å². The van der Waals surface area contributed by atoms with E-state index in [1.165, 1.54) is 30.0 Å². The Balaban J connectivity index is 1.65. The minimum Gasteiger partial charge on any atom is -0.454 e. The van der Waals surface area contributed by atoms with E-state index in [1.54, 1.807) is 30.3 Å². The monoisotopic (exact) mass is 396 g/mol. The summed E-state index contributed by atoms with van der Waals surface area (Å²) in [4.78, 5) is 49.0. The first-order chi connectivity index (χ1) is 13.8. The Kier molecular flexibility index (Phi) is 5.72. The lowest BCUT2D eigenvalue weighted by molar-refractivity contribution is -0.384. The number of nitro benzene ring substituents is 1. The number of amides is 1. The molecule has 0 unspecified atom stereocenters. The van der Waals surface area contributed by atoms with Gasteiger partial charge in [0.1, 0.15) is 0 Å². The second-order valence-electron chi connectivity index (χ2n) is 6.99. The summed E-state index contributed by atoms with van der Waals surface area (Å²) in [6, 6.07) is 12.6. The van der Waals surface area contributed by atoms with Crippen molar-refractivity contribution in [1.82, 2.24) is 0 Å². The third-order valence-corrected chi connectivity index (χ3v) is 4.81. The summed E-state index contributed by atoms with van der Waals surface area (Å²) in [6.07, 6.45) is -1.06. The van der Waals surface area contributed by atoms with Crippen LogP contribution in [0.4, 0.5) is 11.4 Å². The second-order valence-corrected chi connectivity index (χ2v) is 6.99. The average Bonchev–Trinajstić information content (AvgIpc) is 3.10. The molecule has 1 fully saturated rings. The number of carbonyl (C=O) groups is 3. The van der Waals surface area contributed by atoms with Gasteiger partial charge in [0.15, 0.2) is 6.10 Å². The summed E-state index contributed by atoms with van der Waals surface area (Å²) < 4.78 is 5.30. The van der Waals surface area contributed by atoms with Gasteiger partial charge in [0.05, 0.1) is 16.5 Å². The molecule has 3 rings (SSSR count). The normalized spacial score (nSPS) is 17.1. The van der Waals surface area contributed by atoms with Gasteiger partial charge in [-0.3, -0.25) is 24.5 Å². The third-order valence-electron chi connectivity index (χ3n) is 4.81. The smallest absolute Gasteiger partial charge is 0.312 e. The number of hydrogen-bond acceptors (Lipinski definition) is 6. The number of aryl methyl sites for hydroxylation is 1. The number of benzene rings is 2. The fourth-order valence-electron chi connectivity index (χ4n) is 3.17. The molecule has 1 saturated heterocycles. The molecule has 0 spiro atoms. The van der Waals surface area contributed by atoms with Gasteiger partial charge in [-0.1, -0.05) is 35.9 Å². The summed E-state index contributed by atoms with van der Waals surface area (Å²) in [5.74, 6) is -2.03. The van der Waals surface area contributed by atoms with Gasteiger partial charge in [-0.05, 0) is 19.9 Å². The minimum absolute atomic E-state index is 0.0459. The molecule has 0 aliphatic carbocycles. The Morgan fingerprint density at radius 2 is 1.90 bits per heavy atom. The molecule has 1 amide bonds. The van der Waals surface area contributed by atoms with E-state index < -0.39 is 22.9 Å². The van der Waals surface area contributed by atoms with E-state index in [4.69, 9.17) is 4.74 Å². The number of anilines is 1. The van der Waals surface area contributed by atoms with Crippen LogP contribution in [0.2, 0.25) is 0 Å². The maximum Gasteiger partial charge on any atom is 0.312 e. The zero-order chi connectivity index (χ0) is 21.1. The summed E-state index contributed by atoms with van der Waals surface area (Å²) in [5.41, 5.74) is 1.66. The molecule has 1 aliphatic rings. The van der Waals surface area contributed by atoms with E-state index in [0.29, 0.717) is 11.3 Å². The SMILES string of the molecule is Cc1ccc(C(=O)[C@H](C)OC(=O)[C@@H]2CC(=O)N(c3cccc([N+](=O)[O-])c3)C2)cc1. The van der Waals surface area contributed by atoms with Crippen LogP contribution in [0, 0.1) is 23.0 Å². The largest absolute Gasteiger partial charge is 0.454 e. The predicted molar refractivity (Wildman–Crippen MR) is 105 cm³/mol. The van der Waals surface area contributed by atoms with Gasteiger partial charge in [-0.15, -0.1) is 0 Å². The second kappa shape index (κ2) is 8.22. The van der Waals surface area contributed by atoms with Crippen molar-refractivity contribution >= 4 is 29.0 Å². The first kappa shape index (κ1) is 20.2. The van der Waals surface area contributed by atoms with E-state index in [-0.39, 0.29) is 30.3 Å². The van der Waals surface area contributed by atoms with Crippen LogP contribution < -0.4 is 4.90 Å². The lowest BCUT2D eigenvalue weighted by Crippen LogP contribution is -2.30. The number of Topliss-reactive ketones (excluding diaryl/α,β-unsaturated/α-hetero) is 1. The molecular weight excluding hydrogens is 376 g/mol. The van der Waals surface area contributed by atoms with Crippen molar-refractivity contribution in [3.05, 3.63) is 69.8 Å². The van der Waals surface area contributed by atoms with Gasteiger partial charge in [-0.25, -0.2) is 0 Å². The molecule has 8 heteroatoms. The maximum absolute atomic E-state index is 12.5. The van der Waals surface area contributed by atoms with Crippen molar-refractivity contribution in [1.29, 1.82) is 0 Å². The zero-order valence-electron chi connectivity index (χ0n) is 16.0. The Bertz CT molecular complexity index is 969. The van der Waals surface area contributed by atoms with Gasteiger partial charge >= 0.3 is 5.97 Å². The number of nitrogens with zero attached hydrogens (tertiary/aromatic N) is 2. The zero-order valence-corrected chi connectivity index (χ0v) is 16.0. The quantitative estimate of drug-likeness (QED) is 0.321. The van der Waals surface area contributed by atoms with Crippen LogP contribution in [0.15, 0.2) is 48.5 Å². The van der Waals surface area contributed by atoms with E-state index in [9.17, 15) is 24.5 Å². The molecule has 29 heavy (non-hydrogen) atoms. The minimum atomic E-state index is -0.979. The number of hydrogen-bond donors (Lipinski definition) is 0. The van der Waals surface area contributed by atoms with Crippen molar-refractivity contribution in [3.8, 4) is 0 Å². The van der Waals surface area contributed by atoms with Crippen LogP contribution in [0.5, 0.6) is 0 Å². The number of nitro groups is 1. The molecule has 2 aromatic carbocycles. The highest BCUT2D eigenvalue weighted by Crippen LogP contribution is 2.28. The summed E-state index contributed by atoms with van der Waals surface area (Å²) in [6.45, 7) is 3.45. The third kappa shape index (κ3) is 4.48. The van der Waals surface area contributed by atoms with Crippen LogP contribution in [-0.2, 0) is 14.3 Å². The fourth-order valence-corrected chi connectivity index (χ4v) is 3.17.